The number of H-pyrrole nitrogens is 1. The maximum Gasteiger partial charge on any atom is 0.263 e. The van der Waals surface area contributed by atoms with Gasteiger partial charge in [0.1, 0.15) is 5.39 Å². The van der Waals surface area contributed by atoms with E-state index in [2.05, 4.69) is 25.7 Å². The molecular formula is C16H26N6O2. The molecule has 3 N–H and O–H groups in total. The zero-order valence-corrected chi connectivity index (χ0v) is 15.1. The average molecular weight is 334 g/mol. The van der Waals surface area contributed by atoms with Gasteiger partial charge in [-0.3, -0.25) is 14.6 Å². The summed E-state index contributed by atoms with van der Waals surface area (Å²) < 4.78 is 1.73. The minimum Gasteiger partial charge on any atom is -0.354 e. The number of hydrogen-bond acceptors (Lipinski definition) is 5. The predicted octanol–water partition coefficient (Wildman–Crippen LogP) is 1.45. The van der Waals surface area contributed by atoms with Crippen LogP contribution in [0.2, 0.25) is 0 Å². The monoisotopic (exact) mass is 334 g/mol. The van der Waals surface area contributed by atoms with E-state index in [1.54, 1.807) is 4.68 Å². The Morgan fingerprint density at radius 3 is 2.46 bits per heavy atom. The van der Waals surface area contributed by atoms with Crippen LogP contribution in [0.15, 0.2) is 11.0 Å². The highest BCUT2D eigenvalue weighted by Crippen LogP contribution is 2.18. The van der Waals surface area contributed by atoms with E-state index in [-0.39, 0.29) is 17.0 Å². The van der Waals surface area contributed by atoms with Gasteiger partial charge in [-0.15, -0.1) is 0 Å². The fraction of sp³-hybridized carbons (Fsp3) is 0.625. The lowest BCUT2D eigenvalue weighted by Gasteiger charge is -2.20. The quantitative estimate of drug-likeness (QED) is 0.734. The van der Waals surface area contributed by atoms with E-state index in [9.17, 15) is 9.59 Å². The molecule has 0 aliphatic carbocycles. The fourth-order valence-corrected chi connectivity index (χ4v) is 2.12. The molecule has 8 nitrogen and oxygen atoms in total. The predicted molar refractivity (Wildman–Crippen MR) is 94.1 cm³/mol. The van der Waals surface area contributed by atoms with Crippen molar-refractivity contribution in [3.8, 4) is 0 Å². The van der Waals surface area contributed by atoms with Crippen LogP contribution in [-0.2, 0) is 10.3 Å². The number of hydrogen-bond donors (Lipinski definition) is 3. The number of aromatic nitrogens is 4. The van der Waals surface area contributed by atoms with Gasteiger partial charge < -0.3 is 10.6 Å². The Bertz CT molecular complexity index is 791. The van der Waals surface area contributed by atoms with E-state index < -0.39 is 5.41 Å². The molecule has 2 rings (SSSR count). The third-order valence-electron chi connectivity index (χ3n) is 3.46. The van der Waals surface area contributed by atoms with Gasteiger partial charge in [-0.25, -0.2) is 4.68 Å². The average Bonchev–Trinajstić information content (AvgIpc) is 2.86. The smallest absolute Gasteiger partial charge is 0.263 e. The Labute approximate surface area is 141 Å². The minimum absolute atomic E-state index is 0.0213. The number of rotatable bonds is 4. The number of fused-ring (bicyclic) bond motifs is 1. The summed E-state index contributed by atoms with van der Waals surface area (Å²) in [4.78, 5) is 31.1. The molecule has 2 aromatic rings. The molecule has 0 bridgehead atoms. The molecule has 0 saturated heterocycles. The highest BCUT2D eigenvalue weighted by molar-refractivity contribution is 5.81. The van der Waals surface area contributed by atoms with Crippen molar-refractivity contribution in [1.29, 1.82) is 0 Å². The van der Waals surface area contributed by atoms with Crippen LogP contribution >= 0.6 is 0 Å². The molecule has 0 aliphatic rings. The molecule has 0 unspecified atom stereocenters. The Balaban J connectivity index is 2.11. The van der Waals surface area contributed by atoms with Gasteiger partial charge in [-0.2, -0.15) is 10.1 Å². The minimum atomic E-state index is -0.426. The molecule has 2 aromatic heterocycles. The van der Waals surface area contributed by atoms with Crippen molar-refractivity contribution in [2.75, 3.05) is 18.4 Å². The van der Waals surface area contributed by atoms with Crippen LogP contribution in [-0.4, -0.2) is 38.7 Å². The number of nitrogens with zero attached hydrogens (tertiary/aromatic N) is 3. The summed E-state index contributed by atoms with van der Waals surface area (Å²) in [6, 6.07) is 0. The summed E-state index contributed by atoms with van der Waals surface area (Å²) in [7, 11) is 0. The first kappa shape index (κ1) is 18.0. The number of nitrogens with one attached hydrogen (secondary N) is 3. The summed E-state index contributed by atoms with van der Waals surface area (Å²) in [6.07, 6.45) is 1.53. The Hall–Kier alpha value is -2.38. The molecule has 2 heterocycles. The van der Waals surface area contributed by atoms with Gasteiger partial charge in [0.25, 0.3) is 5.56 Å². The van der Waals surface area contributed by atoms with Crippen LogP contribution in [0.5, 0.6) is 0 Å². The molecule has 132 valence electrons. The standard InChI is InChI=1S/C16H26N6O2/c1-15(2,3)13(24)17-7-8-18-14-20-11-10(12(23)21-14)9-19-22(11)16(4,5)6/h9H,7-8H2,1-6H3,(H,17,24)(H2,18,20,21,23). The molecule has 0 spiro atoms. The van der Waals surface area contributed by atoms with E-state index in [4.69, 9.17) is 0 Å². The van der Waals surface area contributed by atoms with Crippen molar-refractivity contribution in [2.24, 2.45) is 5.41 Å². The van der Waals surface area contributed by atoms with Crippen molar-refractivity contribution in [3.05, 3.63) is 16.6 Å². The Morgan fingerprint density at radius 1 is 1.21 bits per heavy atom. The Kier molecular flexibility index (Phi) is 4.68. The lowest BCUT2D eigenvalue weighted by molar-refractivity contribution is -0.128. The van der Waals surface area contributed by atoms with Crippen LogP contribution < -0.4 is 16.2 Å². The van der Waals surface area contributed by atoms with Gasteiger partial charge in [-0.1, -0.05) is 20.8 Å². The van der Waals surface area contributed by atoms with Crippen LogP contribution in [0.3, 0.4) is 0 Å². The molecular weight excluding hydrogens is 308 g/mol. The lowest BCUT2D eigenvalue weighted by atomic mass is 9.96. The van der Waals surface area contributed by atoms with Crippen LogP contribution in [0.4, 0.5) is 5.95 Å². The molecule has 8 heteroatoms. The van der Waals surface area contributed by atoms with Crippen molar-refractivity contribution < 1.29 is 4.79 Å². The SMILES string of the molecule is CC(C)(C)C(=O)NCCNc1nc2c(cnn2C(C)(C)C)c(=O)[nH]1. The van der Waals surface area contributed by atoms with Crippen molar-refractivity contribution >= 4 is 22.9 Å². The van der Waals surface area contributed by atoms with E-state index in [1.807, 2.05) is 41.5 Å². The first-order chi connectivity index (χ1) is 11.0. The first-order valence-electron chi connectivity index (χ1n) is 8.01. The number of amides is 1. The molecule has 0 fully saturated rings. The lowest BCUT2D eigenvalue weighted by Crippen LogP contribution is -2.37. The molecule has 0 atom stereocenters. The van der Waals surface area contributed by atoms with Gasteiger partial charge in [0.2, 0.25) is 11.9 Å². The third kappa shape index (κ3) is 3.93. The van der Waals surface area contributed by atoms with Crippen molar-refractivity contribution in [1.82, 2.24) is 25.1 Å². The highest BCUT2D eigenvalue weighted by Gasteiger charge is 2.21. The summed E-state index contributed by atoms with van der Waals surface area (Å²) in [6.45, 7) is 12.5. The van der Waals surface area contributed by atoms with Crippen LogP contribution in [0.1, 0.15) is 41.5 Å². The second-order valence-electron chi connectivity index (χ2n) is 7.81. The second kappa shape index (κ2) is 6.26. The zero-order chi connectivity index (χ0) is 18.1. The highest BCUT2D eigenvalue weighted by atomic mass is 16.2. The van der Waals surface area contributed by atoms with Crippen LogP contribution in [0.25, 0.3) is 11.0 Å². The normalized spacial score (nSPS) is 12.4. The maximum absolute atomic E-state index is 12.2. The second-order valence-corrected chi connectivity index (χ2v) is 7.81. The first-order valence-corrected chi connectivity index (χ1v) is 8.01. The summed E-state index contributed by atoms with van der Waals surface area (Å²) in [5.74, 6) is 0.343. The number of aromatic amines is 1. The fourth-order valence-electron chi connectivity index (χ4n) is 2.12. The van der Waals surface area contributed by atoms with E-state index >= 15 is 0 Å². The number of carbonyl (C=O) groups excluding carboxylic acids is 1. The summed E-state index contributed by atoms with van der Waals surface area (Å²) in [5.41, 5.74) is -0.408. The third-order valence-corrected chi connectivity index (χ3v) is 3.46. The summed E-state index contributed by atoms with van der Waals surface area (Å²) in [5, 5.41) is 10.6. The molecule has 24 heavy (non-hydrogen) atoms. The summed E-state index contributed by atoms with van der Waals surface area (Å²) >= 11 is 0. The molecule has 0 saturated carbocycles. The topological polar surface area (TPSA) is 105 Å². The van der Waals surface area contributed by atoms with Gasteiger partial charge >= 0.3 is 0 Å². The zero-order valence-electron chi connectivity index (χ0n) is 15.1. The van der Waals surface area contributed by atoms with E-state index in [1.165, 1.54) is 6.20 Å². The van der Waals surface area contributed by atoms with Gasteiger partial charge in [0.05, 0.1) is 11.7 Å². The van der Waals surface area contributed by atoms with Gasteiger partial charge in [0.15, 0.2) is 5.65 Å². The van der Waals surface area contributed by atoms with Crippen molar-refractivity contribution in [2.45, 2.75) is 47.1 Å². The largest absolute Gasteiger partial charge is 0.354 e. The molecule has 0 aromatic carbocycles. The van der Waals surface area contributed by atoms with E-state index in [0.717, 1.165) is 0 Å². The Morgan fingerprint density at radius 2 is 1.88 bits per heavy atom. The maximum atomic E-state index is 12.2. The molecule has 1 amide bonds. The van der Waals surface area contributed by atoms with Crippen molar-refractivity contribution in [3.63, 3.8) is 0 Å². The molecule has 0 aliphatic heterocycles. The van der Waals surface area contributed by atoms with Gasteiger partial charge in [-0.05, 0) is 20.8 Å². The van der Waals surface area contributed by atoms with Gasteiger partial charge in [0, 0.05) is 18.5 Å². The molecule has 0 radical (unpaired) electrons. The number of carbonyl (C=O) groups is 1. The van der Waals surface area contributed by atoms with Crippen LogP contribution in [0, 0.1) is 5.41 Å². The number of anilines is 1. The van der Waals surface area contributed by atoms with E-state index in [0.29, 0.717) is 30.1 Å².